The van der Waals surface area contributed by atoms with Gasteiger partial charge in [-0.2, -0.15) is 0 Å². The molecule has 15 heavy (non-hydrogen) atoms. The van der Waals surface area contributed by atoms with Crippen molar-refractivity contribution in [2.24, 2.45) is 0 Å². The van der Waals surface area contributed by atoms with Gasteiger partial charge < -0.3 is 0 Å². The molecule has 0 aliphatic carbocycles. The Bertz CT molecular complexity index is 471. The first-order chi connectivity index (χ1) is 7.15. The molecule has 2 heteroatoms. The summed E-state index contributed by atoms with van der Waals surface area (Å²) in [5, 5.41) is 0. The van der Waals surface area contributed by atoms with Gasteiger partial charge in [0, 0.05) is 15.7 Å². The fraction of sp³-hybridized carbons (Fsp3) is 0.154. The predicted octanol–water partition coefficient (Wildman–Crippen LogP) is 4.13. The first kappa shape index (κ1) is 10.4. The van der Waals surface area contributed by atoms with E-state index in [9.17, 15) is 0 Å². The van der Waals surface area contributed by atoms with Gasteiger partial charge in [0.05, 0.1) is 5.69 Å². The van der Waals surface area contributed by atoms with Crippen LogP contribution in [0.3, 0.4) is 0 Å². The van der Waals surface area contributed by atoms with E-state index in [1.54, 1.807) is 0 Å². The highest BCUT2D eigenvalue weighted by molar-refractivity contribution is 9.10. The molecule has 0 fully saturated rings. The molecule has 1 heterocycles. The summed E-state index contributed by atoms with van der Waals surface area (Å²) in [6.07, 6.45) is 0. The van der Waals surface area contributed by atoms with Crippen molar-refractivity contribution in [3.05, 3.63) is 52.1 Å². The first-order valence-corrected chi connectivity index (χ1v) is 5.66. The standard InChI is InChI=1S/C13H12BrN/c1-9-6-11(8-12(14)7-9)13-5-3-4-10(2)15-13/h3-8H,1-2H3. The summed E-state index contributed by atoms with van der Waals surface area (Å²) in [6.45, 7) is 4.10. The van der Waals surface area contributed by atoms with Gasteiger partial charge in [-0.15, -0.1) is 0 Å². The summed E-state index contributed by atoms with van der Waals surface area (Å²) in [4.78, 5) is 4.50. The summed E-state index contributed by atoms with van der Waals surface area (Å²) in [7, 11) is 0. The molecule has 0 unspecified atom stereocenters. The number of halogens is 1. The van der Waals surface area contributed by atoms with Crippen molar-refractivity contribution < 1.29 is 0 Å². The summed E-state index contributed by atoms with van der Waals surface area (Å²) < 4.78 is 1.10. The summed E-state index contributed by atoms with van der Waals surface area (Å²) in [5.41, 5.74) is 4.47. The molecule has 1 nitrogen and oxygen atoms in total. The van der Waals surface area contributed by atoms with E-state index in [-0.39, 0.29) is 0 Å². The maximum atomic E-state index is 4.50. The SMILES string of the molecule is Cc1cc(Br)cc(-c2cccc(C)n2)c1. The minimum atomic E-state index is 1.03. The molecule has 0 spiro atoms. The third-order valence-corrected chi connectivity index (χ3v) is 2.68. The normalized spacial score (nSPS) is 10.3. The molecule has 0 amide bonds. The van der Waals surface area contributed by atoms with E-state index in [0.29, 0.717) is 0 Å². The van der Waals surface area contributed by atoms with Crippen molar-refractivity contribution in [2.45, 2.75) is 13.8 Å². The van der Waals surface area contributed by atoms with Gasteiger partial charge in [0.2, 0.25) is 0 Å². The van der Waals surface area contributed by atoms with Crippen molar-refractivity contribution in [1.82, 2.24) is 4.98 Å². The van der Waals surface area contributed by atoms with E-state index in [4.69, 9.17) is 0 Å². The molecule has 0 saturated carbocycles. The second-order valence-electron chi connectivity index (χ2n) is 3.68. The average Bonchev–Trinajstić information content (AvgIpc) is 2.16. The minimum Gasteiger partial charge on any atom is -0.253 e. The Labute approximate surface area is 98.3 Å². The smallest absolute Gasteiger partial charge is 0.0705 e. The third kappa shape index (κ3) is 2.45. The van der Waals surface area contributed by atoms with Crippen LogP contribution in [0.5, 0.6) is 0 Å². The van der Waals surface area contributed by atoms with Crippen molar-refractivity contribution in [3.8, 4) is 11.3 Å². The Hall–Kier alpha value is -1.15. The minimum absolute atomic E-state index is 1.03. The number of hydrogen-bond acceptors (Lipinski definition) is 1. The summed E-state index contributed by atoms with van der Waals surface area (Å²) in [5.74, 6) is 0. The highest BCUT2D eigenvalue weighted by Gasteiger charge is 2.01. The molecule has 0 bridgehead atoms. The van der Waals surface area contributed by atoms with Crippen LogP contribution in [0, 0.1) is 13.8 Å². The van der Waals surface area contributed by atoms with Crippen LogP contribution in [0.2, 0.25) is 0 Å². The zero-order valence-corrected chi connectivity index (χ0v) is 10.4. The van der Waals surface area contributed by atoms with Crippen LogP contribution in [0.25, 0.3) is 11.3 Å². The summed E-state index contributed by atoms with van der Waals surface area (Å²) in [6, 6.07) is 12.4. The molecule has 2 aromatic rings. The quantitative estimate of drug-likeness (QED) is 0.753. The molecular formula is C13H12BrN. The van der Waals surface area contributed by atoms with E-state index in [0.717, 1.165) is 21.4 Å². The predicted molar refractivity (Wildman–Crippen MR) is 66.8 cm³/mol. The third-order valence-electron chi connectivity index (χ3n) is 2.23. The van der Waals surface area contributed by atoms with E-state index < -0.39 is 0 Å². The number of aromatic nitrogens is 1. The van der Waals surface area contributed by atoms with Crippen LogP contribution in [0.1, 0.15) is 11.3 Å². The van der Waals surface area contributed by atoms with E-state index in [2.05, 4.69) is 46.0 Å². The molecule has 1 aromatic carbocycles. The maximum Gasteiger partial charge on any atom is 0.0705 e. The average molecular weight is 262 g/mol. The van der Waals surface area contributed by atoms with Crippen molar-refractivity contribution in [1.29, 1.82) is 0 Å². The van der Waals surface area contributed by atoms with Gasteiger partial charge in [-0.3, -0.25) is 4.98 Å². The fourth-order valence-corrected chi connectivity index (χ4v) is 2.20. The Morgan fingerprint density at radius 2 is 1.87 bits per heavy atom. The van der Waals surface area contributed by atoms with Crippen LogP contribution in [0.15, 0.2) is 40.9 Å². The van der Waals surface area contributed by atoms with Crippen molar-refractivity contribution >= 4 is 15.9 Å². The monoisotopic (exact) mass is 261 g/mol. The lowest BCUT2D eigenvalue weighted by Crippen LogP contribution is -1.87. The van der Waals surface area contributed by atoms with Gasteiger partial charge in [-0.1, -0.05) is 22.0 Å². The van der Waals surface area contributed by atoms with Gasteiger partial charge in [0.15, 0.2) is 0 Å². The Morgan fingerprint density at radius 1 is 1.07 bits per heavy atom. The topological polar surface area (TPSA) is 12.9 Å². The van der Waals surface area contributed by atoms with Crippen molar-refractivity contribution in [3.63, 3.8) is 0 Å². The first-order valence-electron chi connectivity index (χ1n) is 4.86. The Balaban J connectivity index is 2.54. The molecule has 2 rings (SSSR count). The zero-order chi connectivity index (χ0) is 10.8. The van der Waals surface area contributed by atoms with Gasteiger partial charge in [0.1, 0.15) is 0 Å². The number of nitrogens with zero attached hydrogens (tertiary/aromatic N) is 1. The Morgan fingerprint density at radius 3 is 2.53 bits per heavy atom. The fourth-order valence-electron chi connectivity index (χ4n) is 1.59. The molecule has 0 radical (unpaired) electrons. The largest absolute Gasteiger partial charge is 0.253 e. The maximum absolute atomic E-state index is 4.50. The number of aryl methyl sites for hydroxylation is 2. The molecule has 0 saturated heterocycles. The van der Waals surface area contributed by atoms with Crippen molar-refractivity contribution in [2.75, 3.05) is 0 Å². The lowest BCUT2D eigenvalue weighted by molar-refractivity contribution is 1.20. The zero-order valence-electron chi connectivity index (χ0n) is 8.79. The lowest BCUT2D eigenvalue weighted by atomic mass is 10.1. The number of benzene rings is 1. The van der Waals surface area contributed by atoms with Crippen LogP contribution in [-0.2, 0) is 0 Å². The molecule has 0 aliphatic heterocycles. The molecule has 76 valence electrons. The highest BCUT2D eigenvalue weighted by Crippen LogP contribution is 2.23. The number of hydrogen-bond donors (Lipinski definition) is 0. The molecule has 0 atom stereocenters. The molecule has 1 aromatic heterocycles. The molecule has 0 aliphatic rings. The second kappa shape index (κ2) is 4.15. The van der Waals surface area contributed by atoms with Gasteiger partial charge >= 0.3 is 0 Å². The molecule has 0 N–H and O–H groups in total. The lowest BCUT2D eigenvalue weighted by Gasteiger charge is -2.04. The van der Waals surface area contributed by atoms with Gasteiger partial charge in [-0.05, 0) is 49.7 Å². The highest BCUT2D eigenvalue weighted by atomic mass is 79.9. The van der Waals surface area contributed by atoms with Crippen LogP contribution in [0.4, 0.5) is 0 Å². The van der Waals surface area contributed by atoms with Gasteiger partial charge in [0.25, 0.3) is 0 Å². The van der Waals surface area contributed by atoms with Crippen LogP contribution >= 0.6 is 15.9 Å². The number of rotatable bonds is 1. The van der Waals surface area contributed by atoms with E-state index in [1.807, 2.05) is 25.1 Å². The Kier molecular flexibility index (Phi) is 2.87. The van der Waals surface area contributed by atoms with Crippen LogP contribution in [-0.4, -0.2) is 4.98 Å². The van der Waals surface area contributed by atoms with Gasteiger partial charge in [-0.25, -0.2) is 0 Å². The molecular weight excluding hydrogens is 250 g/mol. The second-order valence-corrected chi connectivity index (χ2v) is 4.60. The summed E-state index contributed by atoms with van der Waals surface area (Å²) >= 11 is 3.50. The van der Waals surface area contributed by atoms with Crippen LogP contribution < -0.4 is 0 Å². The van der Waals surface area contributed by atoms with E-state index in [1.165, 1.54) is 5.56 Å². The van der Waals surface area contributed by atoms with E-state index >= 15 is 0 Å². The number of pyridine rings is 1.